The van der Waals surface area contributed by atoms with E-state index in [1.54, 1.807) is 11.3 Å². The van der Waals surface area contributed by atoms with E-state index in [1.165, 1.54) is 0 Å². The number of amides is 1. The Bertz CT molecular complexity index is 336. The number of hydrogen-bond donors (Lipinski definition) is 1. The smallest absolute Gasteiger partial charge is 0.263 e. The van der Waals surface area contributed by atoms with Gasteiger partial charge in [0, 0.05) is 13.6 Å². The van der Waals surface area contributed by atoms with Gasteiger partial charge in [0.25, 0.3) is 5.91 Å². The number of carbonyl (C=O) groups excluding carboxylic acids is 1. The molecule has 1 aromatic heterocycles. The molecule has 0 aromatic carbocycles. The van der Waals surface area contributed by atoms with Crippen molar-refractivity contribution in [1.29, 1.82) is 0 Å². The fraction of sp³-hybridized carbons (Fsp3) is 0.583. The molecule has 0 atom stereocenters. The second-order valence-corrected chi connectivity index (χ2v) is 4.73. The third-order valence-electron chi connectivity index (χ3n) is 2.59. The Labute approximate surface area is 101 Å². The first-order valence-electron chi connectivity index (χ1n) is 5.67. The van der Waals surface area contributed by atoms with Gasteiger partial charge in [-0.25, -0.2) is 0 Å². The van der Waals surface area contributed by atoms with Crippen LogP contribution in [0.25, 0.3) is 0 Å². The van der Waals surface area contributed by atoms with E-state index in [4.69, 9.17) is 0 Å². The highest BCUT2D eigenvalue weighted by atomic mass is 32.1. The molecule has 4 heteroatoms. The van der Waals surface area contributed by atoms with Crippen LogP contribution in [0.4, 0.5) is 0 Å². The molecule has 0 spiro atoms. The number of carbonyl (C=O) groups is 1. The van der Waals surface area contributed by atoms with Crippen molar-refractivity contribution in [1.82, 2.24) is 10.2 Å². The summed E-state index contributed by atoms with van der Waals surface area (Å²) in [5.41, 5.74) is 1.16. The van der Waals surface area contributed by atoms with E-state index in [0.717, 1.165) is 36.4 Å². The molecule has 1 heterocycles. The summed E-state index contributed by atoms with van der Waals surface area (Å²) in [6.07, 6.45) is 1.92. The van der Waals surface area contributed by atoms with Crippen LogP contribution in [0.2, 0.25) is 0 Å². The highest BCUT2D eigenvalue weighted by molar-refractivity contribution is 7.12. The number of rotatable bonds is 6. The van der Waals surface area contributed by atoms with Crippen LogP contribution in [0.15, 0.2) is 11.4 Å². The summed E-state index contributed by atoms with van der Waals surface area (Å²) in [4.78, 5) is 14.8. The van der Waals surface area contributed by atoms with E-state index in [2.05, 4.69) is 12.2 Å². The molecular formula is C12H20N2OS. The third kappa shape index (κ3) is 3.32. The van der Waals surface area contributed by atoms with Gasteiger partial charge < -0.3 is 10.2 Å². The second-order valence-electron chi connectivity index (χ2n) is 3.81. The quantitative estimate of drug-likeness (QED) is 0.771. The Morgan fingerprint density at radius 3 is 2.94 bits per heavy atom. The molecule has 0 radical (unpaired) electrons. The number of nitrogens with one attached hydrogen (secondary N) is 1. The maximum atomic E-state index is 12.1. The first kappa shape index (κ1) is 13.2. The van der Waals surface area contributed by atoms with E-state index < -0.39 is 0 Å². The normalized spacial score (nSPS) is 10.4. The maximum absolute atomic E-state index is 12.1. The van der Waals surface area contributed by atoms with Crippen LogP contribution in [0, 0.1) is 0 Å². The van der Waals surface area contributed by atoms with Crippen molar-refractivity contribution in [2.24, 2.45) is 0 Å². The van der Waals surface area contributed by atoms with Gasteiger partial charge in [-0.1, -0.05) is 6.92 Å². The van der Waals surface area contributed by atoms with Crippen molar-refractivity contribution < 1.29 is 4.79 Å². The van der Waals surface area contributed by atoms with E-state index in [0.29, 0.717) is 0 Å². The molecule has 3 nitrogen and oxygen atoms in total. The van der Waals surface area contributed by atoms with Crippen LogP contribution < -0.4 is 5.32 Å². The molecule has 0 saturated carbocycles. The Morgan fingerprint density at radius 1 is 1.56 bits per heavy atom. The third-order valence-corrected chi connectivity index (χ3v) is 3.53. The van der Waals surface area contributed by atoms with Crippen LogP contribution in [0.3, 0.4) is 0 Å². The van der Waals surface area contributed by atoms with Crippen molar-refractivity contribution in [3.8, 4) is 0 Å². The number of hydrogen-bond acceptors (Lipinski definition) is 3. The van der Waals surface area contributed by atoms with Gasteiger partial charge in [0.15, 0.2) is 0 Å². The molecule has 0 unspecified atom stereocenters. The lowest BCUT2D eigenvalue weighted by Gasteiger charge is -2.16. The molecule has 0 fully saturated rings. The van der Waals surface area contributed by atoms with Crippen molar-refractivity contribution in [3.05, 3.63) is 21.9 Å². The zero-order chi connectivity index (χ0) is 12.0. The van der Waals surface area contributed by atoms with Crippen LogP contribution in [-0.2, 0) is 6.42 Å². The van der Waals surface area contributed by atoms with Gasteiger partial charge in [0.2, 0.25) is 0 Å². The van der Waals surface area contributed by atoms with Gasteiger partial charge in [0.1, 0.15) is 0 Å². The Morgan fingerprint density at radius 2 is 2.31 bits per heavy atom. The monoisotopic (exact) mass is 240 g/mol. The Balaban J connectivity index is 2.56. The lowest BCUT2D eigenvalue weighted by molar-refractivity contribution is 0.0797. The van der Waals surface area contributed by atoms with E-state index in [-0.39, 0.29) is 5.91 Å². The minimum atomic E-state index is 0.156. The van der Waals surface area contributed by atoms with Crippen molar-refractivity contribution in [3.63, 3.8) is 0 Å². The van der Waals surface area contributed by atoms with E-state index in [9.17, 15) is 4.79 Å². The fourth-order valence-corrected chi connectivity index (χ4v) is 2.56. The fourth-order valence-electron chi connectivity index (χ4n) is 1.57. The zero-order valence-electron chi connectivity index (χ0n) is 10.2. The molecule has 0 aliphatic rings. The molecule has 16 heavy (non-hydrogen) atoms. The highest BCUT2D eigenvalue weighted by Gasteiger charge is 2.15. The van der Waals surface area contributed by atoms with Gasteiger partial charge in [-0.05, 0) is 43.4 Å². The van der Waals surface area contributed by atoms with E-state index in [1.807, 2.05) is 30.4 Å². The molecule has 0 aliphatic carbocycles. The molecule has 90 valence electrons. The van der Waals surface area contributed by atoms with Crippen molar-refractivity contribution >= 4 is 17.2 Å². The molecular weight excluding hydrogens is 220 g/mol. The SMILES string of the molecule is CCc1ccsc1C(=O)N(C)CCCNC. The predicted octanol–water partition coefficient (Wildman–Crippen LogP) is 1.99. The van der Waals surface area contributed by atoms with Gasteiger partial charge in [-0.15, -0.1) is 11.3 Å². The lowest BCUT2D eigenvalue weighted by Crippen LogP contribution is -2.29. The van der Waals surface area contributed by atoms with Crippen molar-refractivity contribution in [2.75, 3.05) is 27.2 Å². The summed E-state index contributed by atoms with van der Waals surface area (Å²) in [7, 11) is 3.80. The molecule has 1 aromatic rings. The maximum Gasteiger partial charge on any atom is 0.263 e. The summed E-state index contributed by atoms with van der Waals surface area (Å²) in [5, 5.41) is 5.08. The highest BCUT2D eigenvalue weighted by Crippen LogP contribution is 2.19. The minimum absolute atomic E-state index is 0.156. The van der Waals surface area contributed by atoms with Gasteiger partial charge >= 0.3 is 0 Å². The molecule has 0 saturated heterocycles. The van der Waals surface area contributed by atoms with Crippen molar-refractivity contribution in [2.45, 2.75) is 19.8 Å². The minimum Gasteiger partial charge on any atom is -0.341 e. The summed E-state index contributed by atoms with van der Waals surface area (Å²) in [5.74, 6) is 0.156. The van der Waals surface area contributed by atoms with Crippen LogP contribution in [0.1, 0.15) is 28.6 Å². The average Bonchev–Trinajstić information content (AvgIpc) is 2.76. The predicted molar refractivity (Wildman–Crippen MR) is 69.2 cm³/mol. The average molecular weight is 240 g/mol. The molecule has 0 bridgehead atoms. The summed E-state index contributed by atoms with van der Waals surface area (Å²) < 4.78 is 0. The first-order chi connectivity index (χ1) is 7.70. The first-order valence-corrected chi connectivity index (χ1v) is 6.55. The summed E-state index contributed by atoms with van der Waals surface area (Å²) in [6.45, 7) is 3.84. The lowest BCUT2D eigenvalue weighted by atomic mass is 10.2. The van der Waals surface area contributed by atoms with E-state index >= 15 is 0 Å². The Kier molecular flexibility index (Phi) is 5.49. The zero-order valence-corrected chi connectivity index (χ0v) is 11.1. The van der Waals surface area contributed by atoms with Crippen LogP contribution in [-0.4, -0.2) is 38.0 Å². The largest absolute Gasteiger partial charge is 0.341 e. The van der Waals surface area contributed by atoms with Crippen LogP contribution in [0.5, 0.6) is 0 Å². The number of thiophene rings is 1. The van der Waals surface area contributed by atoms with Gasteiger partial charge in [-0.2, -0.15) is 0 Å². The molecule has 1 rings (SSSR count). The van der Waals surface area contributed by atoms with Crippen LogP contribution >= 0.6 is 11.3 Å². The molecule has 1 N–H and O–H groups in total. The Hall–Kier alpha value is -0.870. The molecule has 1 amide bonds. The standard InChI is InChI=1S/C12H20N2OS/c1-4-10-6-9-16-11(10)12(15)14(3)8-5-7-13-2/h6,9,13H,4-5,7-8H2,1-3H3. The topological polar surface area (TPSA) is 32.3 Å². The van der Waals surface area contributed by atoms with Gasteiger partial charge in [0.05, 0.1) is 4.88 Å². The summed E-state index contributed by atoms with van der Waals surface area (Å²) >= 11 is 1.54. The molecule has 0 aliphatic heterocycles. The van der Waals surface area contributed by atoms with Gasteiger partial charge in [-0.3, -0.25) is 4.79 Å². The second kappa shape index (κ2) is 6.66. The summed E-state index contributed by atoms with van der Waals surface area (Å²) in [6, 6.07) is 2.04. The number of aryl methyl sites for hydroxylation is 1. The number of nitrogens with zero attached hydrogens (tertiary/aromatic N) is 1.